The fraction of sp³-hybridized carbons (Fsp3) is 0.353. The Balaban J connectivity index is 1.83. The van der Waals surface area contributed by atoms with Crippen LogP contribution in [-0.2, 0) is 0 Å². The maximum atomic E-state index is 10.0. The summed E-state index contributed by atoms with van der Waals surface area (Å²) < 4.78 is 0. The second kappa shape index (κ2) is 6.84. The van der Waals surface area contributed by atoms with Crippen LogP contribution in [0.3, 0.4) is 0 Å². The average molecular weight is 327 g/mol. The van der Waals surface area contributed by atoms with Crippen molar-refractivity contribution in [3.8, 4) is 5.88 Å². The molecule has 1 aromatic carbocycles. The maximum Gasteiger partial charge on any atom is 0.238 e. The number of nitrogens with one attached hydrogen (secondary N) is 2. The van der Waals surface area contributed by atoms with Gasteiger partial charge in [0.2, 0.25) is 11.8 Å². The lowest BCUT2D eigenvalue weighted by molar-refractivity contribution is 0.259. The van der Waals surface area contributed by atoms with E-state index in [0.717, 1.165) is 22.6 Å². The Morgan fingerprint density at radius 3 is 2.92 bits per heavy atom. The highest BCUT2D eigenvalue weighted by Gasteiger charge is 2.13. The van der Waals surface area contributed by atoms with Crippen LogP contribution in [0.5, 0.6) is 5.88 Å². The predicted molar refractivity (Wildman–Crippen MR) is 92.6 cm³/mol. The summed E-state index contributed by atoms with van der Waals surface area (Å²) in [6.45, 7) is 4.19. The average Bonchev–Trinajstić information content (AvgIpc) is 3.12. The highest BCUT2D eigenvalue weighted by atomic mass is 16.3. The molecule has 1 unspecified atom stereocenters. The van der Waals surface area contributed by atoms with Crippen molar-refractivity contribution in [1.29, 1.82) is 0 Å². The minimum atomic E-state index is -0.110. The molecule has 24 heavy (non-hydrogen) atoms. The molecule has 1 aliphatic rings. The highest BCUT2D eigenvalue weighted by molar-refractivity contribution is 5.80. The van der Waals surface area contributed by atoms with Crippen LogP contribution in [0.15, 0.2) is 28.4 Å². The van der Waals surface area contributed by atoms with Gasteiger partial charge in [0.1, 0.15) is 5.69 Å². The number of aromatic nitrogens is 2. The number of hydrogen-bond donors (Lipinski definition) is 4. The highest BCUT2D eigenvalue weighted by Crippen LogP contribution is 2.18. The third-order valence-corrected chi connectivity index (χ3v) is 3.75. The quantitative estimate of drug-likeness (QED) is 0.627. The summed E-state index contributed by atoms with van der Waals surface area (Å²) in [6, 6.07) is 5.62. The van der Waals surface area contributed by atoms with E-state index in [4.69, 9.17) is 0 Å². The number of aliphatic hydroxyl groups is 1. The molecule has 3 rings (SSSR count). The SMILES string of the molecule is CC(C)CC(CO)Nc1nc(O)c(C=c2ccc3c(c2)C=NN=3)[nH]1. The van der Waals surface area contributed by atoms with Crippen LogP contribution in [0, 0.1) is 5.92 Å². The monoisotopic (exact) mass is 327 g/mol. The number of rotatable bonds is 6. The Hall–Kier alpha value is -2.67. The molecule has 0 saturated heterocycles. The van der Waals surface area contributed by atoms with E-state index >= 15 is 0 Å². The van der Waals surface area contributed by atoms with Crippen molar-refractivity contribution in [1.82, 2.24) is 9.97 Å². The smallest absolute Gasteiger partial charge is 0.238 e. The molecule has 0 spiro atoms. The minimum Gasteiger partial charge on any atom is -0.492 e. The first-order valence-corrected chi connectivity index (χ1v) is 7.94. The molecule has 2 aromatic rings. The zero-order chi connectivity index (χ0) is 17.1. The van der Waals surface area contributed by atoms with Crippen molar-refractivity contribution in [3.63, 3.8) is 0 Å². The predicted octanol–water partition coefficient (Wildman–Crippen LogP) is 0.730. The first kappa shape index (κ1) is 16.2. The molecular formula is C17H21N5O2. The van der Waals surface area contributed by atoms with Gasteiger partial charge in [0, 0.05) is 5.56 Å². The minimum absolute atomic E-state index is 0.00630. The van der Waals surface area contributed by atoms with E-state index < -0.39 is 0 Å². The number of aromatic amines is 1. The molecule has 126 valence electrons. The molecule has 7 nitrogen and oxygen atoms in total. The third kappa shape index (κ3) is 3.62. The van der Waals surface area contributed by atoms with Crippen LogP contribution in [-0.4, -0.2) is 39.0 Å². The number of nitrogens with zero attached hydrogens (tertiary/aromatic N) is 3. The molecule has 7 heteroatoms. The number of H-pyrrole nitrogens is 1. The first-order chi connectivity index (χ1) is 11.5. The van der Waals surface area contributed by atoms with Crippen molar-refractivity contribution >= 4 is 18.2 Å². The van der Waals surface area contributed by atoms with Gasteiger partial charge in [-0.3, -0.25) is 0 Å². The van der Waals surface area contributed by atoms with Gasteiger partial charge in [-0.25, -0.2) is 0 Å². The van der Waals surface area contributed by atoms with Crippen molar-refractivity contribution in [3.05, 3.63) is 40.0 Å². The Morgan fingerprint density at radius 1 is 1.33 bits per heavy atom. The molecule has 0 bridgehead atoms. The van der Waals surface area contributed by atoms with Gasteiger partial charge in [-0.15, -0.1) is 0 Å². The van der Waals surface area contributed by atoms with Gasteiger partial charge in [0.05, 0.1) is 24.2 Å². The summed E-state index contributed by atoms with van der Waals surface area (Å²) in [7, 11) is 0. The van der Waals surface area contributed by atoms with Crippen LogP contribution in [0.2, 0.25) is 0 Å². The van der Waals surface area contributed by atoms with Crippen LogP contribution < -0.4 is 15.9 Å². The van der Waals surface area contributed by atoms with E-state index in [0.29, 0.717) is 17.6 Å². The molecule has 0 aliphatic carbocycles. The van der Waals surface area contributed by atoms with Gasteiger partial charge >= 0.3 is 0 Å². The Kier molecular flexibility index (Phi) is 4.61. The second-order valence-corrected chi connectivity index (χ2v) is 6.28. The molecule has 1 atom stereocenters. The number of anilines is 1. The van der Waals surface area contributed by atoms with Crippen molar-refractivity contribution in [2.75, 3.05) is 11.9 Å². The lowest BCUT2D eigenvalue weighted by Crippen LogP contribution is -2.26. The number of hydrogen-bond acceptors (Lipinski definition) is 6. The van der Waals surface area contributed by atoms with Crippen molar-refractivity contribution in [2.45, 2.75) is 26.3 Å². The molecule has 2 heterocycles. The van der Waals surface area contributed by atoms with Gasteiger partial charge in [0.15, 0.2) is 0 Å². The molecule has 4 N–H and O–H groups in total. The Labute approximate surface area is 139 Å². The normalized spacial score (nSPS) is 14.8. The largest absolute Gasteiger partial charge is 0.492 e. The van der Waals surface area contributed by atoms with Crippen LogP contribution in [0.4, 0.5) is 5.95 Å². The molecule has 0 saturated carbocycles. The van der Waals surface area contributed by atoms with Gasteiger partial charge in [0.25, 0.3) is 0 Å². The summed E-state index contributed by atoms with van der Waals surface area (Å²) in [5.41, 5.74) is 1.45. The van der Waals surface area contributed by atoms with Gasteiger partial charge in [-0.2, -0.15) is 15.2 Å². The summed E-state index contributed by atoms with van der Waals surface area (Å²) in [4.78, 5) is 7.12. The topological polar surface area (TPSA) is 106 Å². The summed E-state index contributed by atoms with van der Waals surface area (Å²) in [5, 5.41) is 32.2. The molecule has 0 amide bonds. The number of fused-ring (bicyclic) bond motifs is 1. The number of imidazole rings is 1. The van der Waals surface area contributed by atoms with Gasteiger partial charge in [-0.1, -0.05) is 19.9 Å². The van der Waals surface area contributed by atoms with E-state index in [9.17, 15) is 10.2 Å². The zero-order valence-corrected chi connectivity index (χ0v) is 13.7. The van der Waals surface area contributed by atoms with Crippen molar-refractivity contribution in [2.24, 2.45) is 16.1 Å². The zero-order valence-electron chi connectivity index (χ0n) is 13.7. The number of aliphatic hydroxyl groups excluding tert-OH is 1. The number of aromatic hydroxyl groups is 1. The van der Waals surface area contributed by atoms with E-state index in [1.807, 2.05) is 18.2 Å². The Morgan fingerprint density at radius 2 is 2.17 bits per heavy atom. The summed E-state index contributed by atoms with van der Waals surface area (Å²) >= 11 is 0. The van der Waals surface area contributed by atoms with Crippen LogP contribution in [0.25, 0.3) is 6.08 Å². The lowest BCUT2D eigenvalue weighted by atomic mass is 10.0. The van der Waals surface area contributed by atoms with Gasteiger partial charge < -0.3 is 20.5 Å². The first-order valence-electron chi connectivity index (χ1n) is 7.94. The lowest BCUT2D eigenvalue weighted by Gasteiger charge is -2.17. The van der Waals surface area contributed by atoms with E-state index in [1.165, 1.54) is 0 Å². The van der Waals surface area contributed by atoms with Crippen LogP contribution >= 0.6 is 0 Å². The standard InChI is InChI=1S/C17H21N5O2/c1-10(2)5-13(9-23)19-17-20-15(16(24)21-17)7-11-3-4-14-12(6-11)8-18-22-14/h3-4,6-8,10,13,23-24H,5,9H2,1-2H3,(H2,19,20,21). The fourth-order valence-corrected chi connectivity index (χ4v) is 2.67. The molecule has 1 aliphatic heterocycles. The number of benzene rings is 1. The molecule has 0 fully saturated rings. The second-order valence-electron chi connectivity index (χ2n) is 6.28. The summed E-state index contributed by atoms with van der Waals surface area (Å²) in [5.74, 6) is 0.802. The fourth-order valence-electron chi connectivity index (χ4n) is 2.67. The third-order valence-electron chi connectivity index (χ3n) is 3.75. The van der Waals surface area contributed by atoms with E-state index in [1.54, 1.807) is 12.3 Å². The van der Waals surface area contributed by atoms with E-state index in [-0.39, 0.29) is 18.5 Å². The van der Waals surface area contributed by atoms with Gasteiger partial charge in [-0.05, 0) is 35.8 Å². The molecular weight excluding hydrogens is 306 g/mol. The van der Waals surface area contributed by atoms with Crippen molar-refractivity contribution < 1.29 is 10.2 Å². The molecule has 1 aromatic heterocycles. The summed E-state index contributed by atoms with van der Waals surface area (Å²) in [6.07, 6.45) is 4.31. The van der Waals surface area contributed by atoms with Crippen LogP contribution in [0.1, 0.15) is 31.5 Å². The molecule has 0 radical (unpaired) electrons. The Bertz CT molecular complexity index is 870. The maximum absolute atomic E-state index is 10.0. The van der Waals surface area contributed by atoms with E-state index in [2.05, 4.69) is 39.3 Å².